The fourth-order valence-electron chi connectivity index (χ4n) is 5.02. The molecule has 0 heterocycles. The van der Waals surface area contributed by atoms with Gasteiger partial charge in [0.05, 0.1) is 4.90 Å². The molecule has 4 rings (SSSR count). The van der Waals surface area contributed by atoms with Crippen LogP contribution in [0, 0.1) is 0 Å². The minimum atomic E-state index is -3.73. The Bertz CT molecular complexity index is 1110. The van der Waals surface area contributed by atoms with Crippen LogP contribution < -0.4 is 9.46 Å². The molecule has 6 nitrogen and oxygen atoms in total. The van der Waals surface area contributed by atoms with Crippen molar-refractivity contribution in [1.82, 2.24) is 4.72 Å². The molecule has 32 heavy (non-hydrogen) atoms. The van der Waals surface area contributed by atoms with Gasteiger partial charge in [-0.25, -0.2) is 17.9 Å². The van der Waals surface area contributed by atoms with E-state index in [-0.39, 0.29) is 16.9 Å². The van der Waals surface area contributed by atoms with Gasteiger partial charge in [-0.05, 0) is 92.8 Å². The topological polar surface area (TPSA) is 92.7 Å². The van der Waals surface area contributed by atoms with Gasteiger partial charge in [0.1, 0.15) is 5.75 Å². The number of ether oxygens (including phenoxy) is 1. The van der Waals surface area contributed by atoms with E-state index in [1.807, 2.05) is 6.92 Å². The van der Waals surface area contributed by atoms with E-state index in [9.17, 15) is 18.3 Å². The monoisotopic (exact) mass is 477 g/mol. The number of rotatable bonds is 7. The smallest absolute Gasteiger partial charge is 0.341 e. The number of carboxylic acid groups (broad SMARTS) is 1. The number of hydrogen-bond acceptors (Lipinski definition) is 4. The first-order chi connectivity index (χ1) is 15.3. The number of sulfonamides is 1. The van der Waals surface area contributed by atoms with Crippen LogP contribution in [0.25, 0.3) is 0 Å². The Labute approximate surface area is 194 Å². The van der Waals surface area contributed by atoms with Crippen molar-refractivity contribution in [3.8, 4) is 5.75 Å². The van der Waals surface area contributed by atoms with Crippen LogP contribution in [0.2, 0.25) is 5.02 Å². The zero-order valence-corrected chi connectivity index (χ0v) is 19.6. The number of aryl methyl sites for hydroxylation is 2. The highest BCUT2D eigenvalue weighted by atomic mass is 35.5. The first-order valence-electron chi connectivity index (χ1n) is 11.1. The second-order valence-corrected chi connectivity index (χ2v) is 10.8. The molecule has 0 bridgehead atoms. The van der Waals surface area contributed by atoms with Gasteiger partial charge in [0.15, 0.2) is 6.61 Å². The van der Waals surface area contributed by atoms with Crippen molar-refractivity contribution in [3.05, 3.63) is 57.6 Å². The molecule has 8 heteroatoms. The highest BCUT2D eigenvalue weighted by molar-refractivity contribution is 7.89. The first-order valence-corrected chi connectivity index (χ1v) is 12.9. The van der Waals surface area contributed by atoms with E-state index in [2.05, 4.69) is 10.8 Å². The van der Waals surface area contributed by atoms with Gasteiger partial charge in [0.25, 0.3) is 0 Å². The summed E-state index contributed by atoms with van der Waals surface area (Å²) in [6, 6.07) is 7.95. The van der Waals surface area contributed by atoms with E-state index in [1.54, 1.807) is 12.1 Å². The Morgan fingerprint density at radius 1 is 1.16 bits per heavy atom. The molecule has 0 radical (unpaired) electrons. The molecule has 2 aliphatic rings. The molecule has 2 N–H and O–H groups in total. The van der Waals surface area contributed by atoms with Crippen LogP contribution in [0.5, 0.6) is 5.75 Å². The Hall–Kier alpha value is -2.09. The van der Waals surface area contributed by atoms with Crippen molar-refractivity contribution in [2.24, 2.45) is 0 Å². The normalized spacial score (nSPS) is 19.0. The number of carboxylic acids is 1. The molecule has 0 spiro atoms. The molecule has 0 amide bonds. The summed E-state index contributed by atoms with van der Waals surface area (Å²) >= 11 is 5.90. The van der Waals surface area contributed by atoms with Gasteiger partial charge >= 0.3 is 5.97 Å². The molecule has 2 aromatic carbocycles. The van der Waals surface area contributed by atoms with Crippen LogP contribution in [0.3, 0.4) is 0 Å². The van der Waals surface area contributed by atoms with Gasteiger partial charge in [-0.1, -0.05) is 17.7 Å². The van der Waals surface area contributed by atoms with Gasteiger partial charge in [-0.2, -0.15) is 0 Å². The second-order valence-electron chi connectivity index (χ2n) is 8.67. The molecular formula is C24H28ClNO5S. The third-order valence-corrected chi connectivity index (χ3v) is 8.29. The molecule has 0 saturated carbocycles. The number of fused-ring (bicyclic) bond motifs is 2. The standard InChI is InChI=1S/C24H28ClNO5S/c1-15(26-32(29,30)19-11-9-18(25)10-12-19)20-8-4-6-17-13-16-5-2-3-7-21(16)24(23(17)20)31-14-22(27)28/h9-13,15,20,26H,2-8,14H2,1H3,(H,27,28). The summed E-state index contributed by atoms with van der Waals surface area (Å²) in [5, 5.41) is 9.71. The minimum Gasteiger partial charge on any atom is -0.481 e. The maximum atomic E-state index is 13.0. The fourth-order valence-corrected chi connectivity index (χ4v) is 6.43. The molecule has 0 aliphatic heterocycles. The Morgan fingerprint density at radius 2 is 1.84 bits per heavy atom. The number of carbonyl (C=O) groups is 1. The van der Waals surface area contributed by atoms with Crippen molar-refractivity contribution in [3.63, 3.8) is 0 Å². The van der Waals surface area contributed by atoms with Crippen molar-refractivity contribution >= 4 is 27.6 Å². The third-order valence-electron chi connectivity index (χ3n) is 6.46. The SMILES string of the molecule is CC(NS(=O)(=O)c1ccc(Cl)cc1)C1CCCc2cc3c(c(OCC(=O)O)c21)CCCC3. The fraction of sp³-hybridized carbons (Fsp3) is 0.458. The molecule has 0 fully saturated rings. The van der Waals surface area contributed by atoms with E-state index < -0.39 is 22.6 Å². The first kappa shape index (κ1) is 23.1. The Morgan fingerprint density at radius 3 is 2.56 bits per heavy atom. The molecule has 2 unspecified atom stereocenters. The summed E-state index contributed by atoms with van der Waals surface area (Å²) in [6.07, 6.45) is 6.62. The largest absolute Gasteiger partial charge is 0.481 e. The lowest BCUT2D eigenvalue weighted by atomic mass is 9.75. The quantitative estimate of drug-likeness (QED) is 0.613. The average molecular weight is 478 g/mol. The Kier molecular flexibility index (Phi) is 6.79. The van der Waals surface area contributed by atoms with E-state index in [0.717, 1.165) is 61.6 Å². The highest BCUT2D eigenvalue weighted by Crippen LogP contribution is 2.45. The summed E-state index contributed by atoms with van der Waals surface area (Å²) in [5.74, 6) is -0.449. The number of aliphatic carboxylic acids is 1. The molecular weight excluding hydrogens is 450 g/mol. The van der Waals surface area contributed by atoms with E-state index >= 15 is 0 Å². The summed E-state index contributed by atoms with van der Waals surface area (Å²) < 4.78 is 34.7. The lowest BCUT2D eigenvalue weighted by molar-refractivity contribution is -0.139. The summed E-state index contributed by atoms with van der Waals surface area (Å²) in [5.41, 5.74) is 4.46. The lowest BCUT2D eigenvalue weighted by Gasteiger charge is -2.35. The van der Waals surface area contributed by atoms with E-state index in [4.69, 9.17) is 16.3 Å². The zero-order chi connectivity index (χ0) is 22.9. The number of nitrogens with one attached hydrogen (secondary N) is 1. The molecule has 172 valence electrons. The van der Waals surface area contributed by atoms with Crippen LogP contribution in [-0.2, 0) is 34.1 Å². The Balaban J connectivity index is 1.70. The van der Waals surface area contributed by atoms with Gasteiger partial charge < -0.3 is 9.84 Å². The van der Waals surface area contributed by atoms with Crippen LogP contribution in [-0.4, -0.2) is 32.1 Å². The third kappa shape index (κ3) is 4.80. The zero-order valence-electron chi connectivity index (χ0n) is 18.1. The van der Waals surface area contributed by atoms with Crippen molar-refractivity contribution < 1.29 is 23.1 Å². The van der Waals surface area contributed by atoms with E-state index in [1.165, 1.54) is 17.7 Å². The summed E-state index contributed by atoms with van der Waals surface area (Å²) in [4.78, 5) is 11.4. The average Bonchev–Trinajstić information content (AvgIpc) is 2.76. The van der Waals surface area contributed by atoms with Gasteiger partial charge in [0, 0.05) is 22.5 Å². The molecule has 2 aromatic rings. The van der Waals surface area contributed by atoms with Crippen LogP contribution in [0.1, 0.15) is 60.8 Å². The van der Waals surface area contributed by atoms with Crippen molar-refractivity contribution in [1.29, 1.82) is 0 Å². The molecule has 2 aliphatic carbocycles. The minimum absolute atomic E-state index is 0.100. The van der Waals surface area contributed by atoms with Gasteiger partial charge in [-0.3, -0.25) is 0 Å². The van der Waals surface area contributed by atoms with Crippen molar-refractivity contribution in [2.75, 3.05) is 6.61 Å². The molecule has 0 saturated heterocycles. The number of halogens is 1. The highest BCUT2D eigenvalue weighted by Gasteiger charge is 2.34. The lowest BCUT2D eigenvalue weighted by Crippen LogP contribution is -2.38. The predicted octanol–water partition coefficient (Wildman–Crippen LogP) is 4.47. The number of benzene rings is 2. The maximum absolute atomic E-state index is 13.0. The van der Waals surface area contributed by atoms with Crippen molar-refractivity contribution in [2.45, 2.75) is 68.7 Å². The van der Waals surface area contributed by atoms with Crippen LogP contribution >= 0.6 is 11.6 Å². The number of hydrogen-bond donors (Lipinski definition) is 2. The second kappa shape index (κ2) is 9.41. The predicted molar refractivity (Wildman–Crippen MR) is 123 cm³/mol. The summed E-state index contributed by atoms with van der Waals surface area (Å²) in [7, 11) is -3.73. The van der Waals surface area contributed by atoms with Crippen LogP contribution in [0.15, 0.2) is 35.2 Å². The molecule has 0 aromatic heterocycles. The van der Waals surface area contributed by atoms with Crippen LogP contribution in [0.4, 0.5) is 0 Å². The van der Waals surface area contributed by atoms with E-state index in [0.29, 0.717) is 10.8 Å². The van der Waals surface area contributed by atoms with Gasteiger partial charge in [-0.15, -0.1) is 0 Å². The maximum Gasteiger partial charge on any atom is 0.341 e. The molecule has 2 atom stereocenters. The summed E-state index contributed by atoms with van der Waals surface area (Å²) in [6.45, 7) is 1.47. The van der Waals surface area contributed by atoms with Gasteiger partial charge in [0.2, 0.25) is 10.0 Å².